The van der Waals surface area contributed by atoms with Crippen LogP contribution in [0.1, 0.15) is 13.8 Å². The van der Waals surface area contributed by atoms with Gasteiger partial charge in [0.15, 0.2) is 0 Å². The van der Waals surface area contributed by atoms with Crippen molar-refractivity contribution in [2.45, 2.75) is 25.9 Å². The highest BCUT2D eigenvalue weighted by atomic mass is 16.6. The van der Waals surface area contributed by atoms with Crippen LogP contribution in [0.3, 0.4) is 0 Å². The summed E-state index contributed by atoms with van der Waals surface area (Å²) < 4.78 is 4.74. The quantitative estimate of drug-likeness (QED) is 0.487. The van der Waals surface area contributed by atoms with Crippen molar-refractivity contribution in [3.05, 3.63) is 0 Å². The Morgan fingerprint density at radius 3 is 1.33 bits per heavy atom. The molecular weight excluding hydrogens is 196 g/mol. The Morgan fingerprint density at radius 1 is 0.867 bits per heavy atom. The van der Waals surface area contributed by atoms with Gasteiger partial charge in [-0.05, 0) is 42.0 Å². The van der Waals surface area contributed by atoms with Gasteiger partial charge in [-0.15, -0.1) is 0 Å². The fourth-order valence-electron chi connectivity index (χ4n) is 0.691. The van der Waals surface area contributed by atoms with E-state index in [1.165, 1.54) is 0 Å². The molecule has 15 heavy (non-hydrogen) atoms. The number of likely N-dealkylation sites (N-methyl/N-ethyl adjacent to an activating group) is 2. The number of ether oxygens (including phenoxy) is 1. The van der Waals surface area contributed by atoms with Crippen molar-refractivity contribution in [1.82, 2.24) is 9.80 Å². The van der Waals surface area contributed by atoms with Crippen LogP contribution < -0.4 is 0 Å². The molecule has 0 saturated carbocycles. The molecule has 0 radical (unpaired) electrons. The minimum absolute atomic E-state index is 0.414. The molecule has 0 amide bonds. The third kappa shape index (κ3) is 4.40. The summed E-state index contributed by atoms with van der Waals surface area (Å²) in [5.41, 5.74) is 0. The summed E-state index contributed by atoms with van der Waals surface area (Å²) in [7, 11) is 7.02. The molecule has 0 saturated heterocycles. The van der Waals surface area contributed by atoms with Crippen LogP contribution in [0.2, 0.25) is 0 Å². The first-order valence-corrected chi connectivity index (χ1v) is 4.85. The Morgan fingerprint density at radius 2 is 1.13 bits per heavy atom. The lowest BCUT2D eigenvalue weighted by molar-refractivity contribution is -0.165. The smallest absolute Gasteiger partial charge is 0.330 e. The Labute approximate surface area is 91.0 Å². The van der Waals surface area contributed by atoms with Gasteiger partial charge in [0.2, 0.25) is 0 Å². The van der Waals surface area contributed by atoms with E-state index in [1.807, 2.05) is 0 Å². The summed E-state index contributed by atoms with van der Waals surface area (Å²) in [4.78, 5) is 26.2. The molecule has 2 atom stereocenters. The van der Waals surface area contributed by atoms with Gasteiger partial charge < -0.3 is 4.74 Å². The first-order chi connectivity index (χ1) is 6.77. The van der Waals surface area contributed by atoms with Crippen molar-refractivity contribution in [3.63, 3.8) is 0 Å². The van der Waals surface area contributed by atoms with E-state index < -0.39 is 24.0 Å². The second-order valence-corrected chi connectivity index (χ2v) is 4.02. The lowest BCUT2D eigenvalue weighted by Crippen LogP contribution is -2.40. The van der Waals surface area contributed by atoms with E-state index in [2.05, 4.69) is 0 Å². The summed E-state index contributed by atoms with van der Waals surface area (Å²) in [5.74, 6) is -1.03. The zero-order valence-corrected chi connectivity index (χ0v) is 10.3. The van der Waals surface area contributed by atoms with Crippen molar-refractivity contribution < 1.29 is 14.3 Å². The Hall–Kier alpha value is -0.940. The largest absolute Gasteiger partial charge is 0.391 e. The molecule has 0 aliphatic heterocycles. The molecule has 0 spiro atoms. The number of carbonyl (C=O) groups is 2. The fourth-order valence-corrected chi connectivity index (χ4v) is 0.691. The lowest BCUT2D eigenvalue weighted by Gasteiger charge is -2.21. The molecule has 0 N–H and O–H groups in total. The summed E-state index contributed by atoms with van der Waals surface area (Å²) in [6.07, 6.45) is 0. The molecule has 0 aliphatic rings. The molecule has 5 heteroatoms. The van der Waals surface area contributed by atoms with Gasteiger partial charge in [0, 0.05) is 0 Å². The molecule has 0 aromatic carbocycles. The molecule has 0 unspecified atom stereocenters. The fraction of sp³-hybridized carbons (Fsp3) is 0.800. The van der Waals surface area contributed by atoms with Crippen LogP contribution in [-0.2, 0) is 14.3 Å². The van der Waals surface area contributed by atoms with E-state index in [9.17, 15) is 9.59 Å². The summed E-state index contributed by atoms with van der Waals surface area (Å²) in [5, 5.41) is 0. The van der Waals surface area contributed by atoms with E-state index in [0.29, 0.717) is 0 Å². The SMILES string of the molecule is C[C@@H](C(=O)OC(=O)[C@H](C)N(C)C)N(C)C. The first kappa shape index (κ1) is 14.1. The van der Waals surface area contributed by atoms with Gasteiger partial charge in [0.05, 0.1) is 0 Å². The second kappa shape index (κ2) is 5.82. The number of esters is 2. The number of rotatable bonds is 4. The summed E-state index contributed by atoms with van der Waals surface area (Å²) in [6.45, 7) is 3.38. The normalized spacial score (nSPS) is 15.2. The van der Waals surface area contributed by atoms with Crippen LogP contribution >= 0.6 is 0 Å². The molecule has 0 aromatic heterocycles. The minimum atomic E-state index is -0.515. The summed E-state index contributed by atoms with van der Waals surface area (Å²) in [6, 6.07) is -0.827. The number of carbonyl (C=O) groups excluding carboxylic acids is 2. The molecule has 0 bridgehead atoms. The zero-order chi connectivity index (χ0) is 12.2. The Balaban J connectivity index is 4.25. The average Bonchev–Trinajstić information content (AvgIpc) is 2.14. The maximum absolute atomic E-state index is 11.4. The highest BCUT2D eigenvalue weighted by Gasteiger charge is 2.24. The van der Waals surface area contributed by atoms with Crippen LogP contribution in [0.25, 0.3) is 0 Å². The van der Waals surface area contributed by atoms with Crippen LogP contribution in [0.4, 0.5) is 0 Å². The molecule has 88 valence electrons. The van der Waals surface area contributed by atoms with Gasteiger partial charge in [0.25, 0.3) is 0 Å². The first-order valence-electron chi connectivity index (χ1n) is 4.85. The van der Waals surface area contributed by atoms with E-state index in [0.717, 1.165) is 0 Å². The predicted octanol–water partition coefficient (Wildman–Crippen LogP) is -0.0436. The molecular formula is C10H20N2O3. The highest BCUT2D eigenvalue weighted by molar-refractivity contribution is 5.90. The Kier molecular flexibility index (Phi) is 5.46. The van der Waals surface area contributed by atoms with Crippen LogP contribution in [0.15, 0.2) is 0 Å². The standard InChI is InChI=1S/C10H20N2O3/c1-7(11(3)4)9(13)15-10(14)8(2)12(5)6/h7-8H,1-6H3/t7-,8-/m0/s1. The minimum Gasteiger partial charge on any atom is -0.391 e. The zero-order valence-electron chi connectivity index (χ0n) is 10.3. The maximum atomic E-state index is 11.4. The summed E-state index contributed by atoms with van der Waals surface area (Å²) >= 11 is 0. The highest BCUT2D eigenvalue weighted by Crippen LogP contribution is 2.00. The molecule has 0 aromatic rings. The van der Waals surface area contributed by atoms with Gasteiger partial charge in [-0.25, -0.2) is 9.59 Å². The van der Waals surface area contributed by atoms with Crippen molar-refractivity contribution in [3.8, 4) is 0 Å². The van der Waals surface area contributed by atoms with E-state index >= 15 is 0 Å². The van der Waals surface area contributed by atoms with Gasteiger partial charge in [-0.2, -0.15) is 0 Å². The molecule has 5 nitrogen and oxygen atoms in total. The molecule has 0 fully saturated rings. The van der Waals surface area contributed by atoms with Crippen LogP contribution in [0.5, 0.6) is 0 Å². The third-order valence-electron chi connectivity index (χ3n) is 2.43. The number of hydrogen-bond acceptors (Lipinski definition) is 5. The molecule has 0 aliphatic carbocycles. The van der Waals surface area contributed by atoms with Gasteiger partial charge in [-0.1, -0.05) is 0 Å². The van der Waals surface area contributed by atoms with Gasteiger partial charge in [0.1, 0.15) is 12.1 Å². The topological polar surface area (TPSA) is 49.9 Å². The van der Waals surface area contributed by atoms with Gasteiger partial charge >= 0.3 is 11.9 Å². The third-order valence-corrected chi connectivity index (χ3v) is 2.43. The van der Waals surface area contributed by atoms with E-state index in [1.54, 1.807) is 51.8 Å². The van der Waals surface area contributed by atoms with Crippen molar-refractivity contribution in [2.24, 2.45) is 0 Å². The second-order valence-electron chi connectivity index (χ2n) is 4.02. The van der Waals surface area contributed by atoms with E-state index in [-0.39, 0.29) is 0 Å². The van der Waals surface area contributed by atoms with Crippen LogP contribution in [0, 0.1) is 0 Å². The number of nitrogens with zero attached hydrogens (tertiary/aromatic N) is 2. The van der Waals surface area contributed by atoms with Crippen LogP contribution in [-0.4, -0.2) is 62.0 Å². The monoisotopic (exact) mass is 216 g/mol. The Bertz CT molecular complexity index is 215. The van der Waals surface area contributed by atoms with E-state index in [4.69, 9.17) is 4.74 Å². The predicted molar refractivity (Wildman–Crippen MR) is 57.4 cm³/mol. The van der Waals surface area contributed by atoms with Crippen molar-refractivity contribution in [1.29, 1.82) is 0 Å². The van der Waals surface area contributed by atoms with Crippen molar-refractivity contribution >= 4 is 11.9 Å². The van der Waals surface area contributed by atoms with Crippen molar-refractivity contribution in [2.75, 3.05) is 28.2 Å². The average molecular weight is 216 g/mol. The number of hydrogen-bond donors (Lipinski definition) is 0. The molecule has 0 heterocycles. The molecule has 0 rings (SSSR count). The lowest BCUT2D eigenvalue weighted by atomic mass is 10.3. The van der Waals surface area contributed by atoms with Gasteiger partial charge in [-0.3, -0.25) is 9.80 Å². The maximum Gasteiger partial charge on any atom is 0.330 e.